The summed E-state index contributed by atoms with van der Waals surface area (Å²) in [7, 11) is 0. The van der Waals surface area contributed by atoms with Crippen LogP contribution in [-0.2, 0) is 12.8 Å². The van der Waals surface area contributed by atoms with Gasteiger partial charge in [-0.15, -0.1) is 0 Å². The summed E-state index contributed by atoms with van der Waals surface area (Å²) in [5.41, 5.74) is 8.81. The van der Waals surface area contributed by atoms with Gasteiger partial charge in [-0.25, -0.2) is 0 Å². The summed E-state index contributed by atoms with van der Waals surface area (Å²) >= 11 is 0. The highest BCUT2D eigenvalue weighted by molar-refractivity contribution is 5.94. The maximum absolute atomic E-state index is 11.6. The minimum Gasteiger partial charge on any atom is -0.351 e. The maximum atomic E-state index is 11.6. The number of fused-ring (bicyclic) bond motifs is 1. The first-order valence-corrected chi connectivity index (χ1v) is 5.41. The number of carbonyl (C=O) groups excluding carboxylic acids is 1. The summed E-state index contributed by atoms with van der Waals surface area (Å²) in [4.78, 5) is 11.6. The second kappa shape index (κ2) is 4.45. The van der Waals surface area contributed by atoms with Gasteiger partial charge in [0.05, 0.1) is 0 Å². The SMILES string of the molecule is NCCNC(=O)c1ccc2c(c1)CCC2. The van der Waals surface area contributed by atoms with Crippen molar-refractivity contribution >= 4 is 5.91 Å². The Balaban J connectivity index is 2.12. The quantitative estimate of drug-likeness (QED) is 0.767. The van der Waals surface area contributed by atoms with Gasteiger partial charge in [0.15, 0.2) is 0 Å². The van der Waals surface area contributed by atoms with Crippen molar-refractivity contribution in [2.24, 2.45) is 5.73 Å². The van der Waals surface area contributed by atoms with Crippen LogP contribution in [-0.4, -0.2) is 19.0 Å². The summed E-state index contributed by atoms with van der Waals surface area (Å²) in [6, 6.07) is 5.98. The number of hydrogen-bond acceptors (Lipinski definition) is 2. The molecule has 0 radical (unpaired) electrons. The number of nitrogens with one attached hydrogen (secondary N) is 1. The van der Waals surface area contributed by atoms with Crippen molar-refractivity contribution in [3.8, 4) is 0 Å². The Hall–Kier alpha value is -1.35. The number of nitrogens with two attached hydrogens (primary N) is 1. The highest BCUT2D eigenvalue weighted by Gasteiger charge is 2.13. The Morgan fingerprint density at radius 2 is 2.13 bits per heavy atom. The van der Waals surface area contributed by atoms with E-state index in [-0.39, 0.29) is 5.91 Å². The van der Waals surface area contributed by atoms with Crippen LogP contribution in [0.1, 0.15) is 27.9 Å². The van der Waals surface area contributed by atoms with Crippen LogP contribution in [0.5, 0.6) is 0 Å². The lowest BCUT2D eigenvalue weighted by molar-refractivity contribution is 0.0954. The van der Waals surface area contributed by atoms with Gasteiger partial charge in [0, 0.05) is 18.7 Å². The summed E-state index contributed by atoms with van der Waals surface area (Å²) in [5.74, 6) is -0.0184. The molecule has 0 saturated carbocycles. The van der Waals surface area contributed by atoms with Crippen molar-refractivity contribution in [3.63, 3.8) is 0 Å². The molecule has 3 nitrogen and oxygen atoms in total. The van der Waals surface area contributed by atoms with E-state index in [1.807, 2.05) is 12.1 Å². The number of carbonyl (C=O) groups is 1. The molecular weight excluding hydrogens is 188 g/mol. The van der Waals surface area contributed by atoms with E-state index in [0.29, 0.717) is 13.1 Å². The maximum Gasteiger partial charge on any atom is 0.251 e. The van der Waals surface area contributed by atoms with Gasteiger partial charge >= 0.3 is 0 Å². The van der Waals surface area contributed by atoms with E-state index in [0.717, 1.165) is 18.4 Å². The summed E-state index contributed by atoms with van der Waals surface area (Å²) in [5, 5.41) is 2.78. The topological polar surface area (TPSA) is 55.1 Å². The molecule has 1 aromatic rings. The van der Waals surface area contributed by atoms with Crippen LogP contribution in [0.15, 0.2) is 18.2 Å². The molecule has 1 aromatic carbocycles. The average Bonchev–Trinajstić information content (AvgIpc) is 2.72. The summed E-state index contributed by atoms with van der Waals surface area (Å²) in [6.07, 6.45) is 3.47. The molecule has 1 aliphatic rings. The highest BCUT2D eigenvalue weighted by Crippen LogP contribution is 2.22. The highest BCUT2D eigenvalue weighted by atomic mass is 16.1. The van der Waals surface area contributed by atoms with Gasteiger partial charge in [0.25, 0.3) is 5.91 Å². The lowest BCUT2D eigenvalue weighted by Crippen LogP contribution is -2.29. The molecule has 0 spiro atoms. The average molecular weight is 204 g/mol. The normalized spacial score (nSPS) is 13.7. The summed E-state index contributed by atoms with van der Waals surface area (Å²) < 4.78 is 0. The van der Waals surface area contributed by atoms with Gasteiger partial charge in [-0.1, -0.05) is 6.07 Å². The molecular formula is C12H16N2O. The molecule has 0 unspecified atom stereocenters. The smallest absolute Gasteiger partial charge is 0.251 e. The third-order valence-electron chi connectivity index (χ3n) is 2.79. The molecule has 2 rings (SSSR count). The number of hydrogen-bond donors (Lipinski definition) is 2. The number of benzene rings is 1. The Morgan fingerprint density at radius 1 is 1.33 bits per heavy atom. The number of aryl methyl sites for hydroxylation is 2. The van der Waals surface area contributed by atoms with Gasteiger partial charge in [-0.3, -0.25) is 4.79 Å². The number of rotatable bonds is 3. The zero-order valence-corrected chi connectivity index (χ0v) is 8.75. The molecule has 0 saturated heterocycles. The Kier molecular flexibility index (Phi) is 3.02. The van der Waals surface area contributed by atoms with Crippen LogP contribution < -0.4 is 11.1 Å². The molecule has 15 heavy (non-hydrogen) atoms. The lowest BCUT2D eigenvalue weighted by atomic mass is 10.1. The van der Waals surface area contributed by atoms with E-state index in [2.05, 4.69) is 11.4 Å². The number of amides is 1. The van der Waals surface area contributed by atoms with Crippen LogP contribution in [0, 0.1) is 0 Å². The molecule has 1 aliphatic carbocycles. The molecule has 80 valence electrons. The van der Waals surface area contributed by atoms with Crippen molar-refractivity contribution in [1.82, 2.24) is 5.32 Å². The molecule has 0 fully saturated rings. The molecule has 0 bridgehead atoms. The fourth-order valence-electron chi connectivity index (χ4n) is 2.00. The minimum atomic E-state index is -0.0184. The van der Waals surface area contributed by atoms with Crippen LogP contribution >= 0.6 is 0 Å². The Bertz CT molecular complexity index is 374. The van der Waals surface area contributed by atoms with Crippen LogP contribution in [0.4, 0.5) is 0 Å². The fraction of sp³-hybridized carbons (Fsp3) is 0.417. The minimum absolute atomic E-state index is 0.0184. The molecule has 3 N–H and O–H groups in total. The second-order valence-corrected chi connectivity index (χ2v) is 3.88. The van der Waals surface area contributed by atoms with Gasteiger partial charge in [0.1, 0.15) is 0 Å². The van der Waals surface area contributed by atoms with Crippen LogP contribution in [0.25, 0.3) is 0 Å². The van der Waals surface area contributed by atoms with Crippen molar-refractivity contribution in [2.45, 2.75) is 19.3 Å². The first-order chi connectivity index (χ1) is 7.31. The molecule has 1 amide bonds. The molecule has 0 atom stereocenters. The third-order valence-corrected chi connectivity index (χ3v) is 2.79. The molecule has 0 heterocycles. The predicted molar refractivity (Wildman–Crippen MR) is 59.9 cm³/mol. The zero-order chi connectivity index (χ0) is 10.7. The fourth-order valence-corrected chi connectivity index (χ4v) is 2.00. The molecule has 3 heteroatoms. The Labute approximate surface area is 89.7 Å². The molecule has 0 aliphatic heterocycles. The van der Waals surface area contributed by atoms with E-state index in [9.17, 15) is 4.79 Å². The largest absolute Gasteiger partial charge is 0.351 e. The first-order valence-electron chi connectivity index (χ1n) is 5.41. The monoisotopic (exact) mass is 204 g/mol. The third kappa shape index (κ3) is 2.18. The zero-order valence-electron chi connectivity index (χ0n) is 8.75. The van der Waals surface area contributed by atoms with E-state index in [4.69, 9.17) is 5.73 Å². The first kappa shape index (κ1) is 10.2. The Morgan fingerprint density at radius 3 is 2.93 bits per heavy atom. The van der Waals surface area contributed by atoms with Crippen molar-refractivity contribution in [2.75, 3.05) is 13.1 Å². The van der Waals surface area contributed by atoms with E-state index >= 15 is 0 Å². The van der Waals surface area contributed by atoms with E-state index < -0.39 is 0 Å². The van der Waals surface area contributed by atoms with Gasteiger partial charge in [-0.2, -0.15) is 0 Å². The predicted octanol–water partition coefficient (Wildman–Crippen LogP) is 0.864. The van der Waals surface area contributed by atoms with Crippen molar-refractivity contribution in [1.29, 1.82) is 0 Å². The van der Waals surface area contributed by atoms with Gasteiger partial charge in [0.2, 0.25) is 0 Å². The lowest BCUT2D eigenvalue weighted by Gasteiger charge is -2.05. The molecule has 0 aromatic heterocycles. The van der Waals surface area contributed by atoms with Crippen molar-refractivity contribution in [3.05, 3.63) is 34.9 Å². The van der Waals surface area contributed by atoms with Crippen LogP contribution in [0.3, 0.4) is 0 Å². The van der Waals surface area contributed by atoms with Crippen LogP contribution in [0.2, 0.25) is 0 Å². The van der Waals surface area contributed by atoms with Gasteiger partial charge in [-0.05, 0) is 42.5 Å². The summed E-state index contributed by atoms with van der Waals surface area (Å²) in [6.45, 7) is 1.02. The standard InChI is InChI=1S/C12H16N2O/c13-6-7-14-12(15)11-5-4-9-2-1-3-10(9)8-11/h4-5,8H,1-3,6-7,13H2,(H,14,15). The van der Waals surface area contributed by atoms with Crippen molar-refractivity contribution < 1.29 is 4.79 Å². The van der Waals surface area contributed by atoms with E-state index in [1.54, 1.807) is 0 Å². The second-order valence-electron chi connectivity index (χ2n) is 3.88. The van der Waals surface area contributed by atoms with Gasteiger partial charge < -0.3 is 11.1 Å². The van der Waals surface area contributed by atoms with E-state index in [1.165, 1.54) is 17.5 Å².